The van der Waals surface area contributed by atoms with E-state index in [2.05, 4.69) is 20.8 Å². The number of carbonyl (C=O) groups excluding carboxylic acids is 2. The van der Waals surface area contributed by atoms with Crippen molar-refractivity contribution >= 4 is 34.1 Å². The fraction of sp³-hybridized carbons (Fsp3) is 0.375. The Kier molecular flexibility index (Phi) is 4.34. The van der Waals surface area contributed by atoms with Gasteiger partial charge in [0.25, 0.3) is 5.91 Å². The minimum absolute atomic E-state index is 0.148. The molecule has 3 rings (SSSR count). The number of anilines is 2. The number of benzene rings is 1. The molecule has 0 aliphatic carbocycles. The molecule has 0 spiro atoms. The van der Waals surface area contributed by atoms with Crippen molar-refractivity contribution < 1.29 is 9.59 Å². The summed E-state index contributed by atoms with van der Waals surface area (Å²) < 4.78 is 0. The Morgan fingerprint density at radius 2 is 2.16 bits per heavy atom. The molecule has 0 unspecified atom stereocenters. The Labute approximate surface area is 149 Å². The first-order valence-electron chi connectivity index (χ1n) is 7.86. The zero-order chi connectivity index (χ0) is 18.2. The van der Waals surface area contributed by atoms with E-state index in [9.17, 15) is 9.59 Å². The number of hydrogen-bond acceptors (Lipinski definition) is 6. The predicted octanol–water partition coefficient (Wildman–Crippen LogP) is 1.62. The molecule has 25 heavy (non-hydrogen) atoms. The van der Waals surface area contributed by atoms with E-state index in [4.69, 9.17) is 5.73 Å². The Bertz CT molecular complexity index is 832. The molecule has 2 aromatic rings. The zero-order valence-corrected chi connectivity index (χ0v) is 15.1. The van der Waals surface area contributed by atoms with Crippen LogP contribution in [0.2, 0.25) is 0 Å². The number of nitrogens with one attached hydrogen (secondary N) is 2. The number of hydrogen-bond donors (Lipinski definition) is 3. The molecule has 0 atom stereocenters. The number of nitrogens with two attached hydrogens (primary N) is 1. The van der Waals surface area contributed by atoms with Gasteiger partial charge in [-0.1, -0.05) is 17.4 Å². The van der Waals surface area contributed by atoms with Crippen LogP contribution in [0.15, 0.2) is 18.2 Å². The van der Waals surface area contributed by atoms with Crippen LogP contribution in [0.25, 0.3) is 0 Å². The van der Waals surface area contributed by atoms with Crippen LogP contribution in [-0.2, 0) is 5.54 Å². The van der Waals surface area contributed by atoms with Gasteiger partial charge in [-0.2, -0.15) is 0 Å². The molecular weight excluding hydrogens is 340 g/mol. The van der Waals surface area contributed by atoms with Gasteiger partial charge < -0.3 is 16.4 Å². The van der Waals surface area contributed by atoms with Gasteiger partial charge in [0.2, 0.25) is 5.13 Å². The summed E-state index contributed by atoms with van der Waals surface area (Å²) in [6.45, 7) is 6.78. The molecule has 1 aromatic heterocycles. The number of aromatic nitrogens is 2. The average Bonchev–Trinajstić information content (AvgIpc) is 3.16. The molecule has 1 aromatic carbocycles. The number of aryl methyl sites for hydroxylation is 1. The zero-order valence-electron chi connectivity index (χ0n) is 14.3. The van der Waals surface area contributed by atoms with Gasteiger partial charge >= 0.3 is 6.03 Å². The molecule has 3 amide bonds. The normalized spacial score (nSPS) is 14.5. The molecule has 4 N–H and O–H groups in total. The van der Waals surface area contributed by atoms with Crippen LogP contribution in [0, 0.1) is 6.92 Å². The molecule has 9 heteroatoms. The largest absolute Gasteiger partial charge is 0.374 e. The lowest BCUT2D eigenvalue weighted by atomic mass is 10.0. The highest BCUT2D eigenvalue weighted by Gasteiger charge is 2.29. The van der Waals surface area contributed by atoms with Gasteiger partial charge in [-0.25, -0.2) is 4.79 Å². The molecule has 0 bridgehead atoms. The number of amides is 3. The highest BCUT2D eigenvalue weighted by Crippen LogP contribution is 2.27. The van der Waals surface area contributed by atoms with Crippen LogP contribution in [0.1, 0.15) is 34.8 Å². The number of nitrogens with zero attached hydrogens (tertiary/aromatic N) is 3. The summed E-state index contributed by atoms with van der Waals surface area (Å²) in [6.07, 6.45) is 0. The number of urea groups is 1. The van der Waals surface area contributed by atoms with E-state index in [0.717, 1.165) is 11.3 Å². The topological polar surface area (TPSA) is 113 Å². The van der Waals surface area contributed by atoms with Crippen LogP contribution < -0.4 is 21.3 Å². The fourth-order valence-electron chi connectivity index (χ4n) is 2.64. The first-order chi connectivity index (χ1) is 11.8. The van der Waals surface area contributed by atoms with Crippen molar-refractivity contribution in [2.24, 2.45) is 0 Å². The summed E-state index contributed by atoms with van der Waals surface area (Å²) in [5, 5.41) is 14.5. The summed E-state index contributed by atoms with van der Waals surface area (Å²) in [7, 11) is 0. The van der Waals surface area contributed by atoms with Crippen molar-refractivity contribution in [3.05, 3.63) is 34.3 Å². The van der Waals surface area contributed by atoms with Gasteiger partial charge in [0.1, 0.15) is 5.01 Å². The summed E-state index contributed by atoms with van der Waals surface area (Å²) in [6, 6.07) is 5.17. The van der Waals surface area contributed by atoms with Crippen molar-refractivity contribution in [2.45, 2.75) is 26.3 Å². The van der Waals surface area contributed by atoms with Crippen molar-refractivity contribution in [3.8, 4) is 0 Å². The first-order valence-corrected chi connectivity index (χ1v) is 8.67. The summed E-state index contributed by atoms with van der Waals surface area (Å²) >= 11 is 1.24. The lowest BCUT2D eigenvalue weighted by Crippen LogP contribution is -2.41. The third-order valence-electron chi connectivity index (χ3n) is 4.02. The molecule has 1 aliphatic heterocycles. The maximum atomic E-state index is 12.7. The minimum atomic E-state index is -0.706. The van der Waals surface area contributed by atoms with Gasteiger partial charge in [0, 0.05) is 24.3 Å². The molecule has 1 aliphatic rings. The third-order valence-corrected chi connectivity index (χ3v) is 5.10. The monoisotopic (exact) mass is 360 g/mol. The summed E-state index contributed by atoms with van der Waals surface area (Å²) in [5.74, 6) is -0.250. The predicted molar refractivity (Wildman–Crippen MR) is 96.7 cm³/mol. The molecule has 132 valence electrons. The highest BCUT2D eigenvalue weighted by molar-refractivity contribution is 7.15. The molecular formula is C16H20N6O2S. The minimum Gasteiger partial charge on any atom is -0.374 e. The van der Waals surface area contributed by atoms with Crippen LogP contribution in [0.5, 0.6) is 0 Å². The summed E-state index contributed by atoms with van der Waals surface area (Å²) in [5.41, 5.74) is 7.07. The molecule has 0 radical (unpaired) electrons. The van der Waals surface area contributed by atoms with Crippen molar-refractivity contribution in [1.82, 2.24) is 20.8 Å². The Balaban J connectivity index is 1.84. The first kappa shape index (κ1) is 17.2. The van der Waals surface area contributed by atoms with E-state index in [1.54, 1.807) is 17.0 Å². The van der Waals surface area contributed by atoms with E-state index < -0.39 is 5.54 Å². The second kappa shape index (κ2) is 6.32. The van der Waals surface area contributed by atoms with Gasteiger partial charge in [-0.3, -0.25) is 9.69 Å². The Hall–Kier alpha value is -2.68. The number of rotatable bonds is 4. The van der Waals surface area contributed by atoms with Gasteiger partial charge in [-0.15, -0.1) is 10.2 Å². The van der Waals surface area contributed by atoms with Gasteiger partial charge in [0.05, 0.1) is 5.54 Å². The second-order valence-electron chi connectivity index (χ2n) is 6.41. The molecule has 1 fully saturated rings. The maximum absolute atomic E-state index is 12.7. The molecule has 2 heterocycles. The Morgan fingerprint density at radius 1 is 1.40 bits per heavy atom. The maximum Gasteiger partial charge on any atom is 0.322 e. The average molecular weight is 360 g/mol. The van der Waals surface area contributed by atoms with E-state index >= 15 is 0 Å². The SMILES string of the molecule is Cc1ccc(C(=O)NC(C)(C)c2nnc(N)s2)cc1N1CCNC1=O. The fourth-order valence-corrected chi connectivity index (χ4v) is 3.31. The number of carbonyl (C=O) groups is 2. The standard InChI is InChI=1S/C16H20N6O2S/c1-9-4-5-10(8-11(9)22-7-6-18-15(22)24)12(23)19-16(2,3)13-20-21-14(17)25-13/h4-5,8H,6-7H2,1-3H3,(H2,17,21)(H,18,24)(H,19,23). The van der Waals surface area contributed by atoms with Crippen LogP contribution in [-0.4, -0.2) is 35.2 Å². The lowest BCUT2D eigenvalue weighted by molar-refractivity contribution is 0.0911. The lowest BCUT2D eigenvalue weighted by Gasteiger charge is -2.24. The second-order valence-corrected chi connectivity index (χ2v) is 7.42. The third kappa shape index (κ3) is 3.41. The molecule has 8 nitrogen and oxygen atoms in total. The number of nitrogen functional groups attached to an aromatic ring is 1. The van der Waals surface area contributed by atoms with E-state index in [1.807, 2.05) is 26.8 Å². The van der Waals surface area contributed by atoms with Crippen LogP contribution >= 0.6 is 11.3 Å². The van der Waals surface area contributed by atoms with Gasteiger partial charge in [0.15, 0.2) is 0 Å². The molecule has 1 saturated heterocycles. The highest BCUT2D eigenvalue weighted by atomic mass is 32.1. The Morgan fingerprint density at radius 3 is 2.76 bits per heavy atom. The van der Waals surface area contributed by atoms with E-state index in [-0.39, 0.29) is 11.9 Å². The van der Waals surface area contributed by atoms with Crippen molar-refractivity contribution in [2.75, 3.05) is 23.7 Å². The quantitative estimate of drug-likeness (QED) is 0.767. The van der Waals surface area contributed by atoms with Crippen molar-refractivity contribution in [3.63, 3.8) is 0 Å². The summed E-state index contributed by atoms with van der Waals surface area (Å²) in [4.78, 5) is 26.2. The van der Waals surface area contributed by atoms with Crippen LogP contribution in [0.3, 0.4) is 0 Å². The van der Waals surface area contributed by atoms with Gasteiger partial charge in [-0.05, 0) is 38.5 Å². The van der Waals surface area contributed by atoms with Crippen LogP contribution in [0.4, 0.5) is 15.6 Å². The van der Waals surface area contributed by atoms with E-state index in [1.165, 1.54) is 11.3 Å². The smallest absolute Gasteiger partial charge is 0.322 e. The molecule has 0 saturated carbocycles. The van der Waals surface area contributed by atoms with E-state index in [0.29, 0.717) is 28.8 Å². The van der Waals surface area contributed by atoms with Crippen molar-refractivity contribution in [1.29, 1.82) is 0 Å².